The van der Waals surface area contributed by atoms with Gasteiger partial charge < -0.3 is 10.2 Å². The molecule has 137 heavy (non-hydrogen) atoms. The Hall–Kier alpha value is -3.07. The van der Waals surface area contributed by atoms with Crippen molar-refractivity contribution in [2.75, 3.05) is 31.1 Å². The van der Waals surface area contributed by atoms with E-state index in [4.69, 9.17) is 0 Å². The van der Waals surface area contributed by atoms with Gasteiger partial charge in [0.1, 0.15) is 51.8 Å². The van der Waals surface area contributed by atoms with Gasteiger partial charge in [-0.25, -0.2) is 17.2 Å². The summed E-state index contributed by atoms with van der Waals surface area (Å²) in [5.41, 5.74) is 1.54. The minimum atomic E-state index is -2.77. The van der Waals surface area contributed by atoms with Crippen molar-refractivity contribution in [3.05, 3.63) is 0 Å². The number of nitrogens with one attached hydrogen (secondary N) is 1. The third-order valence-electron chi connectivity index (χ3n) is 37.0. The maximum Gasteiger partial charge on any atom is 0.222 e. The lowest BCUT2D eigenvalue weighted by molar-refractivity contribution is -0.139. The molecular weight excluding hydrogens is 1720 g/mol. The summed E-state index contributed by atoms with van der Waals surface area (Å²) < 4.78 is 50.6. The molecule has 2 aliphatic heterocycles. The third-order valence-corrected chi connectivity index (χ3v) is 39.0. The lowest BCUT2D eigenvalue weighted by Gasteiger charge is -2.45. The Bertz CT molecular complexity index is 3770. The second kappa shape index (κ2) is 50.1. The smallest absolute Gasteiger partial charge is 0.222 e. The fourth-order valence-corrected chi connectivity index (χ4v) is 26.3. The van der Waals surface area contributed by atoms with Crippen LogP contribution in [0.3, 0.4) is 0 Å². The molecule has 15 rings (SSSR count). The summed E-state index contributed by atoms with van der Waals surface area (Å²) in [4.78, 5) is 95.0. The van der Waals surface area contributed by atoms with Crippen molar-refractivity contribution in [3.63, 3.8) is 0 Å². The minimum absolute atomic E-state index is 0.0266. The molecule has 1 N–H and O–H groups in total. The molecule has 0 radical (unpaired) electrons. The quantitative estimate of drug-likeness (QED) is 0.0751. The lowest BCUT2D eigenvalue weighted by atomic mass is 9.60. The van der Waals surface area contributed by atoms with Crippen LogP contribution in [-0.4, -0.2) is 108 Å². The van der Waals surface area contributed by atoms with Crippen LogP contribution in [0.15, 0.2) is 0 Å². The average Bonchev–Trinajstić information content (AvgIpc) is 1.62. The zero-order valence-electron chi connectivity index (χ0n) is 95.1. The van der Waals surface area contributed by atoms with Gasteiger partial charge in [-0.15, -0.1) is 0 Å². The van der Waals surface area contributed by atoms with E-state index < -0.39 is 21.2 Å². The number of alkyl halides is 2. The van der Waals surface area contributed by atoms with Crippen LogP contribution in [0.4, 0.5) is 8.78 Å². The first-order chi connectivity index (χ1) is 62.7. The van der Waals surface area contributed by atoms with Gasteiger partial charge in [0.15, 0.2) is 9.84 Å². The molecule has 0 aromatic carbocycles. The number of nitrogens with zero attached hydrogens (tertiary/aromatic N) is 1. The first-order valence-corrected chi connectivity index (χ1v) is 58.8. The SMILES string of the molecule is CC(C)(C)C1CC(CC(=O)C2CC2(C)F)C1.CC(C)(C)C1CC(CC(=O)C2CC2)C1.CC(C)(C)C1CC(CC(=O)C2CCCN2)C1.CC(C)(C)C1CC(CS(=O)(=O)CC2CCC2)C1.CC1(F)CC(C(=O)CC2CC(C(C)(C)C)C2)C1.CC1CN(C(=O)CC2CC(C(C)(C)C)C2)C1.CCC(=O)CC1CC(C(C)(C)C)C1.CCCC(=O)CC1CC(C(C)(C)C)C1.CCCC(=O)CC1CC(C(C)(C)C)C1. The van der Waals surface area contributed by atoms with Crippen molar-refractivity contribution >= 4 is 56.2 Å². The molecule has 15 heteroatoms. The van der Waals surface area contributed by atoms with Crippen LogP contribution in [0, 0.1) is 185 Å². The van der Waals surface area contributed by atoms with Gasteiger partial charge in [-0.05, 0) is 374 Å². The largest absolute Gasteiger partial charge is 0.342 e. The Morgan fingerprint density at radius 3 is 0.847 bits per heavy atom. The van der Waals surface area contributed by atoms with Crippen LogP contribution >= 0.6 is 0 Å². The molecule has 12 nitrogen and oxygen atoms in total. The number of hydrogen-bond acceptors (Lipinski definition) is 11. The molecule has 2 heterocycles. The average molecular weight is 1940 g/mol. The van der Waals surface area contributed by atoms with E-state index in [1.54, 1.807) is 13.8 Å². The van der Waals surface area contributed by atoms with Gasteiger partial charge in [0, 0.05) is 95.6 Å². The fourth-order valence-electron chi connectivity index (χ4n) is 24.2. The predicted molar refractivity (Wildman–Crippen MR) is 568 cm³/mol. The number of amides is 1. The van der Waals surface area contributed by atoms with E-state index in [9.17, 15) is 55.6 Å². The third kappa shape index (κ3) is 40.9. The summed E-state index contributed by atoms with van der Waals surface area (Å²) in [5.74, 6) is 18.8. The molecule has 1 amide bonds. The molecule has 15 aliphatic rings. The van der Waals surface area contributed by atoms with Gasteiger partial charge in [-0.1, -0.05) is 221 Å². The van der Waals surface area contributed by atoms with Crippen molar-refractivity contribution in [1.29, 1.82) is 0 Å². The Balaban J connectivity index is 0.000000210. The number of carbonyl (C=O) groups is 8. The number of sulfone groups is 1. The van der Waals surface area contributed by atoms with Crippen molar-refractivity contribution < 1.29 is 55.6 Å². The van der Waals surface area contributed by atoms with Crippen LogP contribution in [0.1, 0.15) is 492 Å². The molecule has 0 bridgehead atoms. The number of Topliss-reactive ketones (excluding diaryl/α,β-unsaturated/α-hetero) is 7. The van der Waals surface area contributed by atoms with E-state index in [1.807, 2.05) is 11.8 Å². The molecule has 0 spiro atoms. The van der Waals surface area contributed by atoms with E-state index in [0.29, 0.717) is 192 Å². The Labute approximate surface area is 841 Å². The predicted octanol–water partition coefficient (Wildman–Crippen LogP) is 31.4. The Kier molecular flexibility index (Phi) is 44.2. The molecule has 13 saturated carbocycles. The normalized spacial score (nSPS) is 33.2. The highest BCUT2D eigenvalue weighted by molar-refractivity contribution is 7.91. The van der Waals surface area contributed by atoms with Gasteiger partial charge in [0.05, 0.1) is 23.5 Å². The molecule has 3 unspecified atom stereocenters. The zero-order valence-corrected chi connectivity index (χ0v) is 95.9. The number of carbonyl (C=O) groups excluding carboxylic acids is 8. The van der Waals surface area contributed by atoms with E-state index >= 15 is 0 Å². The van der Waals surface area contributed by atoms with Crippen LogP contribution < -0.4 is 5.32 Å². The Morgan fingerprint density at radius 2 is 0.599 bits per heavy atom. The topological polar surface area (TPSA) is 186 Å². The van der Waals surface area contributed by atoms with Crippen molar-refractivity contribution in [1.82, 2.24) is 10.2 Å². The van der Waals surface area contributed by atoms with E-state index in [1.165, 1.54) is 116 Å². The van der Waals surface area contributed by atoms with Gasteiger partial charge in [0.25, 0.3) is 0 Å². The lowest BCUT2D eigenvalue weighted by Crippen LogP contribution is -2.49. The number of halogens is 2. The minimum Gasteiger partial charge on any atom is -0.342 e. The maximum absolute atomic E-state index is 13.3. The summed E-state index contributed by atoms with van der Waals surface area (Å²) in [6.07, 6.45) is 42.4. The fraction of sp³-hybridized carbons (Fsp3) is 0.934. The molecule has 3 atom stereocenters. The summed E-state index contributed by atoms with van der Waals surface area (Å²) in [6.45, 7) is 76.5. The monoisotopic (exact) mass is 1940 g/mol. The molecular formula is C122H216F2N2O10S. The second-order valence-electron chi connectivity index (χ2n) is 59.3. The van der Waals surface area contributed by atoms with Gasteiger partial charge in [-0.3, -0.25) is 38.4 Å². The van der Waals surface area contributed by atoms with Crippen molar-refractivity contribution in [2.24, 2.45) is 185 Å². The second-order valence-corrected chi connectivity index (χ2v) is 61.5. The standard InChI is InChI=1S/C15H25FO.C14H23FO.2C14H25NO.C14H26O2S.C13H22O.2C13H24O.C12H22O/c1-14(2,3)12-5-10(6-12)7-13(17)11-8-15(4,16)9-11;1-13(2,3)10-5-9(6-10)7-12(16)11-8-14(11,4)15;1-10-8-15(9-10)13(16)7-11-5-12(6-11)14(2,3)4;1-14(2,3)11-7-10(8-11)9-13(16)12-5-4-6-15-12;1-14(2,3)13-7-12(8-13)10-17(15,16)9-11-5-4-6-11;1-13(2,3)11-6-9(7-11)8-12(14)10-4-5-10;2*1-5-6-12(14)9-10-7-11(8-10)13(2,3)4;1-5-11(13)8-9-6-10(7-9)12(2,3)4/h10-12H,5-9H2,1-4H3;9-11H,5-8H2,1-4H3;10-12H,5-9H2,1-4H3;10-12,15H,4-9H2,1-3H3;11-13H,4-10H2,1-3H3;9-11H,4-8H2,1-3H3;2*10-11H,5-9H2,1-4H3;9-10H,5-8H2,1-4H3. The van der Waals surface area contributed by atoms with Crippen molar-refractivity contribution in [2.45, 2.75) is 509 Å². The first kappa shape index (κ1) is 121. The van der Waals surface area contributed by atoms with Crippen LogP contribution in [0.25, 0.3) is 0 Å². The summed E-state index contributed by atoms with van der Waals surface area (Å²) in [5, 5.41) is 3.30. The highest BCUT2D eigenvalue weighted by Crippen LogP contribution is 2.57. The van der Waals surface area contributed by atoms with Crippen LogP contribution in [0.5, 0.6) is 0 Å². The number of likely N-dealkylation sites (tertiary alicyclic amines) is 1. The van der Waals surface area contributed by atoms with Crippen molar-refractivity contribution in [3.8, 4) is 0 Å². The summed E-state index contributed by atoms with van der Waals surface area (Å²) in [7, 11) is -2.77. The number of ketones is 7. The summed E-state index contributed by atoms with van der Waals surface area (Å²) in [6, 6.07) is 0.189. The van der Waals surface area contributed by atoms with E-state index in [0.717, 1.165) is 200 Å². The molecule has 794 valence electrons. The van der Waals surface area contributed by atoms with E-state index in [-0.39, 0.29) is 23.7 Å². The molecule has 2 saturated heterocycles. The van der Waals surface area contributed by atoms with Gasteiger partial charge in [0.2, 0.25) is 5.91 Å². The number of hydrogen-bond donors (Lipinski definition) is 1. The molecule has 13 aliphatic carbocycles. The van der Waals surface area contributed by atoms with E-state index in [2.05, 4.69) is 213 Å². The highest BCUT2D eigenvalue weighted by atomic mass is 32.2. The Morgan fingerprint density at radius 1 is 0.328 bits per heavy atom. The number of rotatable bonds is 29. The highest BCUT2D eigenvalue weighted by Gasteiger charge is 2.56. The zero-order chi connectivity index (χ0) is 103. The first-order valence-electron chi connectivity index (χ1n) is 57.0. The van der Waals surface area contributed by atoms with Gasteiger partial charge in [-0.2, -0.15) is 0 Å². The van der Waals surface area contributed by atoms with Gasteiger partial charge >= 0.3 is 0 Å². The van der Waals surface area contributed by atoms with Crippen LogP contribution in [0.2, 0.25) is 0 Å². The summed E-state index contributed by atoms with van der Waals surface area (Å²) >= 11 is 0. The molecule has 0 aromatic heterocycles. The maximum atomic E-state index is 13.3. The van der Waals surface area contributed by atoms with Crippen LogP contribution in [-0.2, 0) is 48.2 Å². The molecule has 0 aromatic rings. The molecule has 15 fully saturated rings.